The molecule has 4 heteroatoms. The Morgan fingerprint density at radius 2 is 1.34 bits per heavy atom. The van der Waals surface area contributed by atoms with E-state index in [4.69, 9.17) is 15.0 Å². The number of rotatable bonds is 5. The SMILES string of the molecule is CC1(C)c2ccccc2-c2cc3c(C4C=C(C5=NC(c6ccccc6)N=C(c6cccc7ccccc67)N5)C=CC4)cc(-c4ccccc4)nc3cc21. The molecule has 0 fully saturated rings. The zero-order valence-corrected chi connectivity index (χ0v) is 29.8. The topological polar surface area (TPSA) is 49.6 Å². The third-order valence-corrected chi connectivity index (χ3v) is 11.2. The van der Waals surface area contributed by atoms with Gasteiger partial charge in [-0.05, 0) is 68.8 Å². The fourth-order valence-corrected chi connectivity index (χ4v) is 8.51. The van der Waals surface area contributed by atoms with E-state index in [-0.39, 0.29) is 17.5 Å². The monoisotopic (exact) mass is 682 g/mol. The normalized spacial score (nSPS) is 18.5. The molecular formula is C49H38N4. The predicted molar refractivity (Wildman–Crippen MR) is 220 cm³/mol. The summed E-state index contributed by atoms with van der Waals surface area (Å²) < 4.78 is 0. The van der Waals surface area contributed by atoms with Crippen molar-refractivity contribution in [3.05, 3.63) is 197 Å². The second kappa shape index (κ2) is 12.4. The fraction of sp³-hybridized carbons (Fsp3) is 0.122. The highest BCUT2D eigenvalue weighted by molar-refractivity contribution is 6.20. The molecule has 254 valence electrons. The Balaban J connectivity index is 1.12. The number of nitrogens with zero attached hydrogens (tertiary/aromatic N) is 3. The van der Waals surface area contributed by atoms with Crippen LogP contribution >= 0.6 is 0 Å². The smallest absolute Gasteiger partial charge is 0.169 e. The molecule has 0 spiro atoms. The zero-order chi connectivity index (χ0) is 35.5. The summed E-state index contributed by atoms with van der Waals surface area (Å²) in [6, 6.07) is 51.8. The third kappa shape index (κ3) is 5.33. The molecule has 10 rings (SSSR count). The van der Waals surface area contributed by atoms with Gasteiger partial charge in [0.1, 0.15) is 11.7 Å². The molecule has 0 bridgehead atoms. The van der Waals surface area contributed by atoms with E-state index in [0.29, 0.717) is 0 Å². The van der Waals surface area contributed by atoms with E-state index in [1.807, 2.05) is 6.07 Å². The van der Waals surface area contributed by atoms with E-state index < -0.39 is 0 Å². The van der Waals surface area contributed by atoms with Gasteiger partial charge in [-0.15, -0.1) is 0 Å². The molecule has 6 aromatic carbocycles. The summed E-state index contributed by atoms with van der Waals surface area (Å²) in [5.74, 6) is 1.77. The van der Waals surface area contributed by atoms with Crippen LogP contribution in [0.4, 0.5) is 0 Å². The van der Waals surface area contributed by atoms with Crippen LogP contribution in [0, 0.1) is 0 Å². The lowest BCUT2D eigenvalue weighted by Gasteiger charge is -2.26. The van der Waals surface area contributed by atoms with Crippen LogP contribution in [-0.4, -0.2) is 16.7 Å². The van der Waals surface area contributed by atoms with Gasteiger partial charge in [-0.3, -0.25) is 0 Å². The van der Waals surface area contributed by atoms with Crippen molar-refractivity contribution in [1.29, 1.82) is 0 Å². The number of aromatic nitrogens is 1. The average molecular weight is 683 g/mol. The Bertz CT molecular complexity index is 2690. The number of pyridine rings is 1. The van der Waals surface area contributed by atoms with E-state index in [1.165, 1.54) is 38.6 Å². The minimum atomic E-state index is -0.367. The number of nitrogens with one attached hydrogen (secondary N) is 1. The molecule has 53 heavy (non-hydrogen) atoms. The molecule has 0 saturated heterocycles. The summed E-state index contributed by atoms with van der Waals surface area (Å²) in [5.41, 5.74) is 12.9. The van der Waals surface area contributed by atoms with Crippen molar-refractivity contribution in [2.45, 2.75) is 37.8 Å². The summed E-state index contributed by atoms with van der Waals surface area (Å²) in [6.07, 6.45) is 7.43. The first-order chi connectivity index (χ1) is 26.0. The molecular weight excluding hydrogens is 645 g/mol. The van der Waals surface area contributed by atoms with Gasteiger partial charge in [-0.25, -0.2) is 15.0 Å². The van der Waals surface area contributed by atoms with Gasteiger partial charge in [0.05, 0.1) is 11.2 Å². The quantitative estimate of drug-likeness (QED) is 0.196. The van der Waals surface area contributed by atoms with Crippen LogP contribution in [-0.2, 0) is 5.41 Å². The number of amidine groups is 2. The van der Waals surface area contributed by atoms with Crippen molar-refractivity contribution >= 4 is 33.3 Å². The van der Waals surface area contributed by atoms with Gasteiger partial charge in [0.25, 0.3) is 0 Å². The van der Waals surface area contributed by atoms with Crippen LogP contribution in [0.25, 0.3) is 44.1 Å². The maximum Gasteiger partial charge on any atom is 0.169 e. The van der Waals surface area contributed by atoms with Crippen LogP contribution in [0.2, 0.25) is 0 Å². The van der Waals surface area contributed by atoms with E-state index in [2.05, 4.69) is 177 Å². The minimum absolute atomic E-state index is 0.102. The van der Waals surface area contributed by atoms with Gasteiger partial charge in [0.2, 0.25) is 0 Å². The Kier molecular flexibility index (Phi) is 7.33. The third-order valence-electron chi connectivity index (χ3n) is 11.2. The Morgan fingerprint density at radius 1 is 0.623 bits per heavy atom. The van der Waals surface area contributed by atoms with Crippen LogP contribution in [0.5, 0.6) is 0 Å². The van der Waals surface area contributed by atoms with Crippen molar-refractivity contribution in [3.8, 4) is 22.4 Å². The van der Waals surface area contributed by atoms with Crippen molar-refractivity contribution < 1.29 is 0 Å². The molecule has 0 radical (unpaired) electrons. The molecule has 0 saturated carbocycles. The van der Waals surface area contributed by atoms with Crippen LogP contribution in [0.1, 0.15) is 60.2 Å². The first-order valence-electron chi connectivity index (χ1n) is 18.5. The van der Waals surface area contributed by atoms with E-state index in [1.54, 1.807) is 0 Å². The van der Waals surface area contributed by atoms with E-state index in [0.717, 1.165) is 57.0 Å². The lowest BCUT2D eigenvalue weighted by atomic mass is 9.81. The highest BCUT2D eigenvalue weighted by Crippen LogP contribution is 2.50. The van der Waals surface area contributed by atoms with Crippen LogP contribution < -0.4 is 5.32 Å². The lowest BCUT2D eigenvalue weighted by Crippen LogP contribution is -2.36. The minimum Gasteiger partial charge on any atom is -0.324 e. The Labute approximate surface area is 310 Å². The number of hydrogen-bond acceptors (Lipinski definition) is 4. The predicted octanol–water partition coefficient (Wildman–Crippen LogP) is 11.5. The van der Waals surface area contributed by atoms with E-state index >= 15 is 0 Å². The van der Waals surface area contributed by atoms with Gasteiger partial charge >= 0.3 is 0 Å². The van der Waals surface area contributed by atoms with E-state index in [9.17, 15) is 0 Å². The first kappa shape index (κ1) is 31.4. The molecule has 0 amide bonds. The summed E-state index contributed by atoms with van der Waals surface area (Å²) >= 11 is 0. The Morgan fingerprint density at radius 3 is 2.21 bits per heavy atom. The fourth-order valence-electron chi connectivity index (χ4n) is 8.51. The summed E-state index contributed by atoms with van der Waals surface area (Å²) in [7, 11) is 0. The molecule has 3 aliphatic rings. The van der Waals surface area contributed by atoms with Crippen molar-refractivity contribution in [1.82, 2.24) is 10.3 Å². The largest absolute Gasteiger partial charge is 0.324 e. The maximum absolute atomic E-state index is 5.34. The summed E-state index contributed by atoms with van der Waals surface area (Å²) in [6.45, 7) is 4.67. The second-order valence-electron chi connectivity index (χ2n) is 14.8. The second-order valence-corrected chi connectivity index (χ2v) is 14.8. The van der Waals surface area contributed by atoms with Gasteiger partial charge in [0, 0.05) is 33.4 Å². The summed E-state index contributed by atoms with van der Waals surface area (Å²) in [5, 5.41) is 7.24. The molecule has 1 aliphatic heterocycles. The van der Waals surface area contributed by atoms with Crippen molar-refractivity contribution in [2.24, 2.45) is 9.98 Å². The number of aliphatic imine (C=N–C) groups is 2. The van der Waals surface area contributed by atoms with Crippen molar-refractivity contribution in [3.63, 3.8) is 0 Å². The van der Waals surface area contributed by atoms with Crippen LogP contribution in [0.15, 0.2) is 179 Å². The molecule has 1 N–H and O–H groups in total. The highest BCUT2D eigenvalue weighted by Gasteiger charge is 2.36. The molecule has 2 atom stereocenters. The highest BCUT2D eigenvalue weighted by atomic mass is 15.2. The molecule has 7 aromatic rings. The zero-order valence-electron chi connectivity index (χ0n) is 29.8. The first-order valence-corrected chi connectivity index (χ1v) is 18.5. The lowest BCUT2D eigenvalue weighted by molar-refractivity contribution is 0.661. The maximum atomic E-state index is 5.34. The Hall–Kier alpha value is -6.39. The average Bonchev–Trinajstić information content (AvgIpc) is 3.45. The standard InChI is InChI=1S/C49H38N4/c1-49(2)42-26-12-11-24-37(42)40-28-41-39(29-44(32-16-5-3-6-17-32)50-45(41)30-43(40)49)34-21-13-22-35(27-34)47-51-46(33-18-7-4-8-19-33)52-48(53-47)38-25-14-20-31-15-9-10-23-36(31)38/h3-20,22-30,34,46H,21H2,1-2H3,(H,51,52,53). The van der Waals surface area contributed by atoms with Crippen molar-refractivity contribution in [2.75, 3.05) is 0 Å². The molecule has 4 nitrogen and oxygen atoms in total. The summed E-state index contributed by atoms with van der Waals surface area (Å²) in [4.78, 5) is 15.8. The van der Waals surface area contributed by atoms with Gasteiger partial charge < -0.3 is 5.32 Å². The molecule has 2 aliphatic carbocycles. The number of hydrogen-bond donors (Lipinski definition) is 1. The van der Waals surface area contributed by atoms with Crippen LogP contribution in [0.3, 0.4) is 0 Å². The molecule has 2 heterocycles. The van der Waals surface area contributed by atoms with Gasteiger partial charge in [-0.1, -0.05) is 159 Å². The number of allylic oxidation sites excluding steroid dienone is 2. The van der Waals surface area contributed by atoms with Gasteiger partial charge in [-0.2, -0.15) is 0 Å². The molecule has 1 aromatic heterocycles. The molecule has 2 unspecified atom stereocenters. The number of fused-ring (bicyclic) bond motifs is 5. The van der Waals surface area contributed by atoms with Gasteiger partial charge in [0.15, 0.2) is 6.17 Å². The number of benzene rings is 6.